The van der Waals surface area contributed by atoms with Gasteiger partial charge in [0.2, 0.25) is 5.75 Å². The summed E-state index contributed by atoms with van der Waals surface area (Å²) in [7, 11) is 4.24. The number of thiazole rings is 1. The Hall–Kier alpha value is -4.65. The van der Waals surface area contributed by atoms with Crippen LogP contribution < -0.4 is 29.1 Å². The van der Waals surface area contributed by atoms with Gasteiger partial charge in [0.15, 0.2) is 22.0 Å². The van der Waals surface area contributed by atoms with Crippen LogP contribution in [0.1, 0.15) is 31.0 Å². The van der Waals surface area contributed by atoms with Crippen LogP contribution in [0.25, 0.3) is 6.08 Å². The molecule has 0 radical (unpaired) electrons. The Balaban J connectivity index is 1.99. The minimum absolute atomic E-state index is 0.119. The minimum atomic E-state index is -0.897. The van der Waals surface area contributed by atoms with E-state index in [-0.39, 0.29) is 28.0 Å². The topological polar surface area (TPSA) is 152 Å². The van der Waals surface area contributed by atoms with Gasteiger partial charge in [0.1, 0.15) is 0 Å². The van der Waals surface area contributed by atoms with E-state index in [0.717, 1.165) is 17.4 Å². The van der Waals surface area contributed by atoms with Crippen LogP contribution >= 0.6 is 11.3 Å². The first-order chi connectivity index (χ1) is 18.6. The number of aromatic nitrogens is 1. The van der Waals surface area contributed by atoms with Crippen LogP contribution in [0.2, 0.25) is 0 Å². The first-order valence-corrected chi connectivity index (χ1v) is 12.4. The van der Waals surface area contributed by atoms with Gasteiger partial charge < -0.3 is 24.1 Å². The van der Waals surface area contributed by atoms with Gasteiger partial charge in [-0.2, -0.15) is 0 Å². The average molecular weight is 556 g/mol. The maximum Gasteiger partial charge on any atom is 0.338 e. The molecule has 3 aromatic rings. The van der Waals surface area contributed by atoms with Crippen molar-refractivity contribution in [2.45, 2.75) is 19.9 Å². The number of phenols is 1. The minimum Gasteiger partial charge on any atom is -0.500 e. The fraction of sp³-hybridized carbons (Fsp3) is 0.269. The van der Waals surface area contributed by atoms with Crippen molar-refractivity contribution in [2.75, 3.05) is 27.9 Å². The molecule has 1 unspecified atom stereocenters. The number of rotatable bonds is 8. The van der Waals surface area contributed by atoms with Crippen LogP contribution in [-0.4, -0.2) is 48.5 Å². The number of nitro groups is 1. The molecule has 1 aromatic heterocycles. The van der Waals surface area contributed by atoms with Crippen molar-refractivity contribution in [1.82, 2.24) is 4.57 Å². The highest BCUT2D eigenvalue weighted by Crippen LogP contribution is 2.38. The fourth-order valence-electron chi connectivity index (χ4n) is 4.27. The van der Waals surface area contributed by atoms with Gasteiger partial charge in [-0.05, 0) is 49.2 Å². The summed E-state index contributed by atoms with van der Waals surface area (Å²) in [5.74, 6) is -0.490. The molecular weight excluding hydrogens is 530 g/mol. The summed E-state index contributed by atoms with van der Waals surface area (Å²) in [5.41, 5.74) is 0.317. The number of allylic oxidation sites excluding steroid dienone is 1. The molecule has 4 rings (SSSR count). The summed E-state index contributed by atoms with van der Waals surface area (Å²) >= 11 is 1.05. The average Bonchev–Trinajstić information content (AvgIpc) is 3.22. The normalized spacial score (nSPS) is 14.9. The molecule has 0 bridgehead atoms. The van der Waals surface area contributed by atoms with E-state index in [2.05, 4.69) is 4.99 Å². The van der Waals surface area contributed by atoms with E-state index in [9.17, 15) is 24.8 Å². The molecule has 12 nitrogen and oxygen atoms in total. The number of benzene rings is 2. The molecule has 0 fully saturated rings. The number of nitrogens with zero attached hydrogens (tertiary/aromatic N) is 3. The van der Waals surface area contributed by atoms with Crippen LogP contribution in [0.3, 0.4) is 0 Å². The number of hydrogen-bond donors (Lipinski definition) is 1. The number of fused-ring (bicyclic) bond motifs is 1. The van der Waals surface area contributed by atoms with Gasteiger partial charge in [-0.15, -0.1) is 0 Å². The first-order valence-electron chi connectivity index (χ1n) is 11.6. The van der Waals surface area contributed by atoms with Crippen molar-refractivity contribution >= 4 is 29.1 Å². The van der Waals surface area contributed by atoms with Gasteiger partial charge in [0.05, 0.1) is 54.7 Å². The monoisotopic (exact) mass is 555 g/mol. The number of esters is 1. The third kappa shape index (κ3) is 4.95. The van der Waals surface area contributed by atoms with Crippen LogP contribution in [0, 0.1) is 10.1 Å². The van der Waals surface area contributed by atoms with E-state index in [0.29, 0.717) is 27.6 Å². The Bertz CT molecular complexity index is 1690. The smallest absolute Gasteiger partial charge is 0.338 e. The van der Waals surface area contributed by atoms with Crippen LogP contribution in [0.4, 0.5) is 5.69 Å². The fourth-order valence-corrected chi connectivity index (χ4v) is 5.32. The molecule has 0 amide bonds. The third-order valence-electron chi connectivity index (χ3n) is 6.03. The number of aromatic hydroxyl groups is 1. The second-order valence-corrected chi connectivity index (χ2v) is 9.27. The van der Waals surface area contributed by atoms with Gasteiger partial charge in [0, 0.05) is 6.07 Å². The van der Waals surface area contributed by atoms with E-state index < -0.39 is 33.9 Å². The number of hydrogen-bond acceptors (Lipinski definition) is 11. The highest BCUT2D eigenvalue weighted by atomic mass is 32.1. The van der Waals surface area contributed by atoms with E-state index in [1.54, 1.807) is 32.0 Å². The van der Waals surface area contributed by atoms with Crippen molar-refractivity contribution in [3.05, 3.63) is 82.5 Å². The summed E-state index contributed by atoms with van der Waals surface area (Å²) < 4.78 is 22.7. The van der Waals surface area contributed by atoms with Gasteiger partial charge >= 0.3 is 11.7 Å². The molecule has 1 aliphatic rings. The summed E-state index contributed by atoms with van der Waals surface area (Å²) in [6.07, 6.45) is 1.44. The van der Waals surface area contributed by atoms with Crippen molar-refractivity contribution < 1.29 is 33.8 Å². The second kappa shape index (κ2) is 11.0. The number of phenolic OH excluding ortho intramolecular Hbond substituents is 1. The van der Waals surface area contributed by atoms with Gasteiger partial charge in [-0.1, -0.05) is 17.4 Å². The number of carbonyl (C=O) groups excluding carboxylic acids is 1. The van der Waals surface area contributed by atoms with Crippen molar-refractivity contribution in [3.63, 3.8) is 0 Å². The van der Waals surface area contributed by atoms with E-state index >= 15 is 0 Å². The zero-order chi connectivity index (χ0) is 28.4. The Kier molecular flexibility index (Phi) is 7.72. The summed E-state index contributed by atoms with van der Waals surface area (Å²) in [5, 5.41) is 21.5. The lowest BCUT2D eigenvalue weighted by molar-refractivity contribution is -0.386. The largest absolute Gasteiger partial charge is 0.500 e. The Morgan fingerprint density at radius 3 is 2.46 bits per heavy atom. The maximum atomic E-state index is 13.8. The summed E-state index contributed by atoms with van der Waals surface area (Å²) in [6.45, 7) is 3.46. The standard InChI is InChI=1S/C26H25N3O9S/c1-6-38-25(32)21-13(2)27-26-28(22(21)15-7-8-17(35-3)18(12-15)36-4)24(31)20(39-26)11-14-9-16(29(33)34)23(30)19(10-14)37-5/h7-12,22,30H,6H2,1-5H3/b20-11-. The van der Waals surface area contributed by atoms with Crippen LogP contribution in [0.5, 0.6) is 23.0 Å². The molecule has 1 atom stereocenters. The zero-order valence-electron chi connectivity index (χ0n) is 21.7. The van der Waals surface area contributed by atoms with E-state index in [1.807, 2.05) is 0 Å². The predicted molar refractivity (Wildman–Crippen MR) is 141 cm³/mol. The summed E-state index contributed by atoms with van der Waals surface area (Å²) in [4.78, 5) is 42.4. The predicted octanol–water partition coefficient (Wildman–Crippen LogP) is 2.44. The van der Waals surface area contributed by atoms with E-state index in [4.69, 9.17) is 18.9 Å². The third-order valence-corrected chi connectivity index (χ3v) is 7.01. The lowest BCUT2D eigenvalue weighted by atomic mass is 9.95. The first kappa shape index (κ1) is 27.4. The number of carbonyl (C=O) groups is 1. The number of nitro benzene ring substituents is 1. The molecule has 1 aliphatic heterocycles. The van der Waals surface area contributed by atoms with Crippen molar-refractivity contribution in [3.8, 4) is 23.0 Å². The Morgan fingerprint density at radius 2 is 1.85 bits per heavy atom. The SMILES string of the molecule is CCOC(=O)C1=C(C)N=c2s/c(=C\c3cc(OC)c(O)c([N+](=O)[O-])c3)c(=O)n2C1c1ccc(OC)c(OC)c1. The molecule has 2 aromatic carbocycles. The van der Waals surface area contributed by atoms with Crippen molar-refractivity contribution in [1.29, 1.82) is 0 Å². The number of ether oxygens (including phenoxy) is 4. The van der Waals surface area contributed by atoms with Crippen LogP contribution in [-0.2, 0) is 9.53 Å². The maximum absolute atomic E-state index is 13.8. The summed E-state index contributed by atoms with van der Waals surface area (Å²) in [6, 6.07) is 6.68. The van der Waals surface area contributed by atoms with Gasteiger partial charge in [0.25, 0.3) is 5.56 Å². The Morgan fingerprint density at radius 1 is 1.15 bits per heavy atom. The number of methoxy groups -OCH3 is 3. The van der Waals surface area contributed by atoms with Gasteiger partial charge in [-0.25, -0.2) is 9.79 Å². The molecule has 1 N–H and O–H groups in total. The quantitative estimate of drug-likeness (QED) is 0.251. The molecule has 0 spiro atoms. The lowest BCUT2D eigenvalue weighted by Gasteiger charge is -2.25. The van der Waals surface area contributed by atoms with E-state index in [1.165, 1.54) is 38.0 Å². The molecule has 2 heterocycles. The molecule has 204 valence electrons. The molecule has 0 aliphatic carbocycles. The molecule has 13 heteroatoms. The molecule has 39 heavy (non-hydrogen) atoms. The Labute approximate surface area is 225 Å². The molecular formula is C26H25N3O9S. The lowest BCUT2D eigenvalue weighted by Crippen LogP contribution is -2.40. The zero-order valence-corrected chi connectivity index (χ0v) is 22.5. The molecule has 0 saturated heterocycles. The van der Waals surface area contributed by atoms with Crippen molar-refractivity contribution in [2.24, 2.45) is 4.99 Å². The highest BCUT2D eigenvalue weighted by molar-refractivity contribution is 7.07. The highest BCUT2D eigenvalue weighted by Gasteiger charge is 2.34. The molecule has 0 saturated carbocycles. The van der Waals surface area contributed by atoms with Gasteiger partial charge in [-0.3, -0.25) is 19.5 Å². The second-order valence-electron chi connectivity index (χ2n) is 8.26. The van der Waals surface area contributed by atoms with Crippen LogP contribution in [0.15, 0.2) is 51.4 Å².